The summed E-state index contributed by atoms with van der Waals surface area (Å²) in [6.45, 7) is 2.17. The van der Waals surface area contributed by atoms with E-state index in [2.05, 4.69) is 15.5 Å². The summed E-state index contributed by atoms with van der Waals surface area (Å²) in [4.78, 5) is 16.3. The summed E-state index contributed by atoms with van der Waals surface area (Å²) >= 11 is 5.87. The molecule has 0 atom stereocenters. The summed E-state index contributed by atoms with van der Waals surface area (Å²) in [5.74, 6) is 0.593. The Kier molecular flexibility index (Phi) is 4.39. The molecule has 0 bridgehead atoms. The number of halogens is 1. The van der Waals surface area contributed by atoms with Crippen LogP contribution in [0.25, 0.3) is 11.4 Å². The van der Waals surface area contributed by atoms with E-state index in [4.69, 9.17) is 16.1 Å². The Morgan fingerprint density at radius 2 is 2.00 bits per heavy atom. The summed E-state index contributed by atoms with van der Waals surface area (Å²) in [7, 11) is 0. The molecule has 0 saturated carbocycles. The van der Waals surface area contributed by atoms with Gasteiger partial charge in [-0.2, -0.15) is 4.98 Å². The summed E-state index contributed by atoms with van der Waals surface area (Å²) < 4.78 is 5.16. The predicted octanol–water partition coefficient (Wildman–Crippen LogP) is 3.63. The number of aromatic nitrogens is 2. The zero-order valence-corrected chi connectivity index (χ0v) is 13.2. The Labute approximate surface area is 138 Å². The SMILES string of the molecule is Cc1ccc(-c2noc(CNC(=O)c3cccc(Cl)c3)n2)cc1. The van der Waals surface area contributed by atoms with Crippen LogP contribution in [-0.4, -0.2) is 16.0 Å². The second-order valence-electron chi connectivity index (χ2n) is 5.07. The summed E-state index contributed by atoms with van der Waals surface area (Å²) in [5, 5.41) is 7.16. The minimum atomic E-state index is -0.248. The van der Waals surface area contributed by atoms with E-state index in [1.165, 1.54) is 0 Å². The Morgan fingerprint density at radius 3 is 2.74 bits per heavy atom. The lowest BCUT2D eigenvalue weighted by Gasteiger charge is -2.02. The fraction of sp³-hybridized carbons (Fsp3) is 0.118. The lowest BCUT2D eigenvalue weighted by Crippen LogP contribution is -2.22. The highest BCUT2D eigenvalue weighted by atomic mass is 35.5. The molecule has 1 amide bonds. The first-order valence-corrected chi connectivity index (χ1v) is 7.43. The minimum Gasteiger partial charge on any atom is -0.343 e. The topological polar surface area (TPSA) is 68.0 Å². The van der Waals surface area contributed by atoms with Crippen molar-refractivity contribution in [3.05, 3.63) is 70.6 Å². The quantitative estimate of drug-likeness (QED) is 0.794. The van der Waals surface area contributed by atoms with Crippen molar-refractivity contribution in [2.24, 2.45) is 0 Å². The van der Waals surface area contributed by atoms with Gasteiger partial charge in [0.1, 0.15) is 0 Å². The molecule has 0 radical (unpaired) electrons. The van der Waals surface area contributed by atoms with E-state index in [-0.39, 0.29) is 12.5 Å². The molecular formula is C17H14ClN3O2. The van der Waals surface area contributed by atoms with Gasteiger partial charge in [-0.05, 0) is 25.1 Å². The lowest BCUT2D eigenvalue weighted by molar-refractivity contribution is 0.0946. The number of nitrogens with zero attached hydrogens (tertiary/aromatic N) is 2. The van der Waals surface area contributed by atoms with Crippen molar-refractivity contribution in [2.45, 2.75) is 13.5 Å². The summed E-state index contributed by atoms with van der Waals surface area (Å²) in [5.41, 5.74) is 2.51. The molecule has 1 heterocycles. The van der Waals surface area contributed by atoms with Crippen LogP contribution in [0.3, 0.4) is 0 Å². The van der Waals surface area contributed by atoms with E-state index in [1.807, 2.05) is 31.2 Å². The van der Waals surface area contributed by atoms with E-state index in [0.717, 1.165) is 11.1 Å². The Hall–Kier alpha value is -2.66. The Morgan fingerprint density at radius 1 is 1.22 bits per heavy atom. The molecule has 116 valence electrons. The Balaban J connectivity index is 1.65. The molecule has 0 aliphatic carbocycles. The van der Waals surface area contributed by atoms with E-state index in [1.54, 1.807) is 24.3 Å². The second kappa shape index (κ2) is 6.62. The van der Waals surface area contributed by atoms with Crippen LogP contribution in [0.4, 0.5) is 0 Å². The van der Waals surface area contributed by atoms with Crippen LogP contribution in [0.5, 0.6) is 0 Å². The highest BCUT2D eigenvalue weighted by Crippen LogP contribution is 2.16. The van der Waals surface area contributed by atoms with Crippen LogP contribution in [-0.2, 0) is 6.54 Å². The molecule has 2 aromatic carbocycles. The predicted molar refractivity (Wildman–Crippen MR) is 87.1 cm³/mol. The molecule has 23 heavy (non-hydrogen) atoms. The molecule has 1 aromatic heterocycles. The third-order valence-electron chi connectivity index (χ3n) is 3.26. The zero-order chi connectivity index (χ0) is 16.2. The molecule has 3 rings (SSSR count). The molecule has 3 aromatic rings. The van der Waals surface area contributed by atoms with Crippen LogP contribution in [0.15, 0.2) is 53.1 Å². The molecule has 5 nitrogen and oxygen atoms in total. The van der Waals surface area contributed by atoms with E-state index in [9.17, 15) is 4.79 Å². The molecule has 0 saturated heterocycles. The number of benzene rings is 2. The van der Waals surface area contributed by atoms with Gasteiger partial charge >= 0.3 is 0 Å². The van der Waals surface area contributed by atoms with Crippen molar-refractivity contribution in [1.82, 2.24) is 15.5 Å². The van der Waals surface area contributed by atoms with Gasteiger partial charge in [-0.3, -0.25) is 4.79 Å². The van der Waals surface area contributed by atoms with Gasteiger partial charge in [-0.1, -0.05) is 52.7 Å². The molecule has 0 aliphatic heterocycles. The van der Waals surface area contributed by atoms with Crippen molar-refractivity contribution in [2.75, 3.05) is 0 Å². The number of carbonyl (C=O) groups excluding carboxylic acids is 1. The molecule has 1 N–H and O–H groups in total. The van der Waals surface area contributed by atoms with Gasteiger partial charge < -0.3 is 9.84 Å². The van der Waals surface area contributed by atoms with Crippen molar-refractivity contribution in [3.8, 4) is 11.4 Å². The average molecular weight is 328 g/mol. The maximum absolute atomic E-state index is 12.0. The van der Waals surface area contributed by atoms with Crippen molar-refractivity contribution < 1.29 is 9.32 Å². The van der Waals surface area contributed by atoms with Gasteiger partial charge in [0.2, 0.25) is 11.7 Å². The van der Waals surface area contributed by atoms with E-state index in [0.29, 0.717) is 22.3 Å². The molecule has 0 fully saturated rings. The highest BCUT2D eigenvalue weighted by Gasteiger charge is 2.11. The normalized spacial score (nSPS) is 10.5. The maximum atomic E-state index is 12.0. The molecule has 0 aliphatic rings. The van der Waals surface area contributed by atoms with Gasteiger partial charge in [-0.15, -0.1) is 0 Å². The first kappa shape index (κ1) is 15.2. The largest absolute Gasteiger partial charge is 0.343 e. The van der Waals surface area contributed by atoms with Crippen LogP contribution in [0, 0.1) is 6.92 Å². The standard InChI is InChI=1S/C17H14ClN3O2/c1-11-5-7-12(8-6-11)16-20-15(23-21-16)10-19-17(22)13-3-2-4-14(18)9-13/h2-9H,10H2,1H3,(H,19,22). The number of amides is 1. The first-order valence-electron chi connectivity index (χ1n) is 7.05. The number of rotatable bonds is 4. The van der Waals surface area contributed by atoms with Crippen LogP contribution in [0.1, 0.15) is 21.8 Å². The fourth-order valence-electron chi connectivity index (χ4n) is 2.03. The van der Waals surface area contributed by atoms with Gasteiger partial charge in [0.25, 0.3) is 5.91 Å². The average Bonchev–Trinajstić information content (AvgIpc) is 3.02. The number of hydrogen-bond donors (Lipinski definition) is 1. The third-order valence-corrected chi connectivity index (χ3v) is 3.50. The smallest absolute Gasteiger partial charge is 0.251 e. The second-order valence-corrected chi connectivity index (χ2v) is 5.51. The minimum absolute atomic E-state index is 0.157. The summed E-state index contributed by atoms with van der Waals surface area (Å²) in [6.07, 6.45) is 0. The van der Waals surface area contributed by atoms with Crippen LogP contribution in [0.2, 0.25) is 5.02 Å². The van der Waals surface area contributed by atoms with Gasteiger partial charge in [0, 0.05) is 16.1 Å². The number of nitrogens with one attached hydrogen (secondary N) is 1. The third kappa shape index (κ3) is 3.76. The van der Waals surface area contributed by atoms with Gasteiger partial charge in [0.15, 0.2) is 0 Å². The maximum Gasteiger partial charge on any atom is 0.251 e. The first-order chi connectivity index (χ1) is 11.1. The number of hydrogen-bond acceptors (Lipinski definition) is 4. The van der Waals surface area contributed by atoms with Crippen LogP contribution < -0.4 is 5.32 Å². The van der Waals surface area contributed by atoms with Crippen LogP contribution >= 0.6 is 11.6 Å². The van der Waals surface area contributed by atoms with Crippen molar-refractivity contribution in [1.29, 1.82) is 0 Å². The molecule has 0 spiro atoms. The molecule has 6 heteroatoms. The van der Waals surface area contributed by atoms with E-state index < -0.39 is 0 Å². The molecular weight excluding hydrogens is 314 g/mol. The number of carbonyl (C=O) groups is 1. The van der Waals surface area contributed by atoms with E-state index >= 15 is 0 Å². The number of aryl methyl sites for hydroxylation is 1. The fourth-order valence-corrected chi connectivity index (χ4v) is 2.22. The van der Waals surface area contributed by atoms with Gasteiger partial charge in [0.05, 0.1) is 6.54 Å². The monoisotopic (exact) mass is 327 g/mol. The molecule has 0 unspecified atom stereocenters. The summed E-state index contributed by atoms with van der Waals surface area (Å²) in [6, 6.07) is 14.5. The van der Waals surface area contributed by atoms with Crippen molar-refractivity contribution in [3.63, 3.8) is 0 Å². The van der Waals surface area contributed by atoms with Crippen molar-refractivity contribution >= 4 is 17.5 Å². The highest BCUT2D eigenvalue weighted by molar-refractivity contribution is 6.30. The zero-order valence-electron chi connectivity index (χ0n) is 12.4. The Bertz CT molecular complexity index is 828. The lowest BCUT2D eigenvalue weighted by atomic mass is 10.1. The van der Waals surface area contributed by atoms with Gasteiger partial charge in [-0.25, -0.2) is 0 Å².